The van der Waals surface area contributed by atoms with Crippen LogP contribution in [0.2, 0.25) is 0 Å². The van der Waals surface area contributed by atoms with Gasteiger partial charge in [0.1, 0.15) is 18.3 Å². The van der Waals surface area contributed by atoms with Crippen molar-refractivity contribution in [1.82, 2.24) is 19.3 Å². The van der Waals surface area contributed by atoms with Crippen molar-refractivity contribution < 1.29 is 9.72 Å². The van der Waals surface area contributed by atoms with Gasteiger partial charge in [-0.2, -0.15) is 5.10 Å². The van der Waals surface area contributed by atoms with Gasteiger partial charge in [0.05, 0.1) is 22.5 Å². The molecule has 0 aliphatic carbocycles. The lowest BCUT2D eigenvalue weighted by molar-refractivity contribution is -0.384. The first-order chi connectivity index (χ1) is 14.4. The third-order valence-electron chi connectivity index (χ3n) is 4.58. The minimum Gasteiger partial charge on any atom is -0.324 e. The van der Waals surface area contributed by atoms with Gasteiger partial charge in [-0.1, -0.05) is 24.3 Å². The van der Waals surface area contributed by atoms with Gasteiger partial charge in [-0.05, 0) is 24.6 Å². The third kappa shape index (κ3) is 3.53. The Morgan fingerprint density at radius 2 is 1.97 bits per heavy atom. The van der Waals surface area contributed by atoms with E-state index in [1.807, 2.05) is 30.3 Å². The highest BCUT2D eigenvalue weighted by molar-refractivity contribution is 5.92. The zero-order chi connectivity index (χ0) is 21.3. The van der Waals surface area contributed by atoms with Crippen LogP contribution in [0.5, 0.6) is 0 Å². The van der Waals surface area contributed by atoms with Gasteiger partial charge < -0.3 is 5.32 Å². The van der Waals surface area contributed by atoms with Gasteiger partial charge in [-0.3, -0.25) is 24.3 Å². The quantitative estimate of drug-likeness (QED) is 0.402. The van der Waals surface area contributed by atoms with Gasteiger partial charge in [0.2, 0.25) is 5.91 Å². The molecular formula is C20H16N6O4. The van der Waals surface area contributed by atoms with E-state index in [0.29, 0.717) is 16.9 Å². The number of fused-ring (bicyclic) bond motifs is 1. The molecule has 10 nitrogen and oxygen atoms in total. The second kappa shape index (κ2) is 7.59. The molecule has 4 aromatic rings. The monoisotopic (exact) mass is 404 g/mol. The fourth-order valence-electron chi connectivity index (χ4n) is 3.02. The Kier molecular flexibility index (Phi) is 4.80. The van der Waals surface area contributed by atoms with Gasteiger partial charge in [-0.25, -0.2) is 9.67 Å². The molecule has 0 aliphatic rings. The first kappa shape index (κ1) is 19.0. The predicted octanol–water partition coefficient (Wildman–Crippen LogP) is 2.44. The molecule has 2 aromatic carbocycles. The van der Waals surface area contributed by atoms with Crippen LogP contribution in [-0.2, 0) is 11.3 Å². The van der Waals surface area contributed by atoms with Gasteiger partial charge in [0, 0.05) is 12.1 Å². The summed E-state index contributed by atoms with van der Waals surface area (Å²) in [7, 11) is 0. The SMILES string of the molecule is Cc1ccc([N+](=O)[O-])cc1NC(=O)Cn1cnc2c(cnn2-c2ccccc2)c1=O. The first-order valence-corrected chi connectivity index (χ1v) is 8.97. The first-order valence-electron chi connectivity index (χ1n) is 8.97. The maximum atomic E-state index is 12.8. The number of nitrogens with zero attached hydrogens (tertiary/aromatic N) is 5. The largest absolute Gasteiger partial charge is 0.324 e. The lowest BCUT2D eigenvalue weighted by Crippen LogP contribution is -2.28. The number of nitro benzene ring substituents is 1. The minimum absolute atomic E-state index is 0.135. The van der Waals surface area contributed by atoms with Crippen LogP contribution in [0.3, 0.4) is 0 Å². The van der Waals surface area contributed by atoms with Crippen LogP contribution in [-0.4, -0.2) is 30.2 Å². The summed E-state index contributed by atoms with van der Waals surface area (Å²) in [5.41, 5.74) is 1.58. The second-order valence-corrected chi connectivity index (χ2v) is 6.61. The number of hydrogen-bond donors (Lipinski definition) is 1. The zero-order valence-corrected chi connectivity index (χ0v) is 15.8. The molecule has 10 heteroatoms. The Labute approximate surface area is 169 Å². The minimum atomic E-state index is -0.540. The molecule has 0 saturated heterocycles. The van der Waals surface area contributed by atoms with Crippen molar-refractivity contribution in [2.75, 3.05) is 5.32 Å². The van der Waals surface area contributed by atoms with Crippen LogP contribution in [0.1, 0.15) is 5.56 Å². The average Bonchev–Trinajstić information content (AvgIpc) is 3.17. The Hall–Kier alpha value is -4.34. The summed E-state index contributed by atoms with van der Waals surface area (Å²) in [5, 5.41) is 18.1. The number of carbonyl (C=O) groups excluding carboxylic acids is 1. The molecule has 0 bridgehead atoms. The van der Waals surface area contributed by atoms with Crippen molar-refractivity contribution in [2.45, 2.75) is 13.5 Å². The summed E-state index contributed by atoms with van der Waals surface area (Å²) in [5.74, 6) is -0.503. The Bertz CT molecular complexity index is 1330. The number of rotatable bonds is 5. The van der Waals surface area contributed by atoms with Gasteiger partial charge in [-0.15, -0.1) is 0 Å². The summed E-state index contributed by atoms with van der Waals surface area (Å²) in [4.78, 5) is 39.9. The van der Waals surface area contributed by atoms with E-state index in [1.165, 1.54) is 29.2 Å². The summed E-state index contributed by atoms with van der Waals surface area (Å²) in [6.45, 7) is 1.43. The maximum Gasteiger partial charge on any atom is 0.271 e. The highest BCUT2D eigenvalue weighted by Crippen LogP contribution is 2.21. The molecule has 1 N–H and O–H groups in total. The van der Waals surface area contributed by atoms with Crippen LogP contribution in [0, 0.1) is 17.0 Å². The maximum absolute atomic E-state index is 12.8. The van der Waals surface area contributed by atoms with E-state index in [2.05, 4.69) is 15.4 Å². The molecule has 0 radical (unpaired) electrons. The summed E-state index contributed by atoms with van der Waals surface area (Å²) in [6.07, 6.45) is 2.70. The number of non-ortho nitro benzene ring substituents is 1. The second-order valence-electron chi connectivity index (χ2n) is 6.61. The van der Waals surface area contributed by atoms with Crippen molar-refractivity contribution in [2.24, 2.45) is 0 Å². The summed E-state index contributed by atoms with van der Waals surface area (Å²) >= 11 is 0. The predicted molar refractivity (Wildman–Crippen MR) is 110 cm³/mol. The lowest BCUT2D eigenvalue weighted by atomic mass is 10.2. The smallest absolute Gasteiger partial charge is 0.271 e. The average molecular weight is 404 g/mol. The molecule has 0 unspecified atom stereocenters. The molecule has 0 saturated carbocycles. The number of nitrogens with one attached hydrogen (secondary N) is 1. The van der Waals surface area contributed by atoms with E-state index >= 15 is 0 Å². The molecule has 0 atom stereocenters. The lowest BCUT2D eigenvalue weighted by Gasteiger charge is -2.09. The number of amides is 1. The molecule has 30 heavy (non-hydrogen) atoms. The van der Waals surface area contributed by atoms with Gasteiger partial charge >= 0.3 is 0 Å². The van der Waals surface area contributed by atoms with E-state index in [1.54, 1.807) is 17.7 Å². The number of nitro groups is 1. The van der Waals surface area contributed by atoms with Crippen molar-refractivity contribution in [3.8, 4) is 5.69 Å². The molecule has 0 spiro atoms. The topological polar surface area (TPSA) is 125 Å². The highest BCUT2D eigenvalue weighted by Gasteiger charge is 2.15. The van der Waals surface area contributed by atoms with Crippen molar-refractivity contribution in [3.05, 3.63) is 87.1 Å². The van der Waals surface area contributed by atoms with Crippen LogP contribution in [0.4, 0.5) is 11.4 Å². The molecule has 2 aromatic heterocycles. The fourth-order valence-corrected chi connectivity index (χ4v) is 3.02. The number of aromatic nitrogens is 4. The zero-order valence-electron chi connectivity index (χ0n) is 15.8. The van der Waals surface area contributed by atoms with Crippen LogP contribution in [0.25, 0.3) is 16.7 Å². The van der Waals surface area contributed by atoms with Gasteiger partial charge in [0.15, 0.2) is 5.65 Å². The summed E-state index contributed by atoms with van der Waals surface area (Å²) < 4.78 is 2.72. The molecule has 0 fully saturated rings. The molecule has 4 rings (SSSR count). The number of hydrogen-bond acceptors (Lipinski definition) is 6. The number of benzene rings is 2. The third-order valence-corrected chi connectivity index (χ3v) is 4.58. The van der Waals surface area contributed by atoms with Crippen LogP contribution in [0.15, 0.2) is 65.8 Å². The van der Waals surface area contributed by atoms with E-state index in [0.717, 1.165) is 5.69 Å². The number of anilines is 1. The van der Waals surface area contributed by atoms with E-state index < -0.39 is 16.4 Å². The molecule has 150 valence electrons. The molecule has 0 aliphatic heterocycles. The van der Waals surface area contributed by atoms with Crippen LogP contribution >= 0.6 is 0 Å². The van der Waals surface area contributed by atoms with Crippen molar-refractivity contribution in [1.29, 1.82) is 0 Å². The van der Waals surface area contributed by atoms with E-state index in [-0.39, 0.29) is 17.6 Å². The van der Waals surface area contributed by atoms with Crippen LogP contribution < -0.4 is 10.9 Å². The Morgan fingerprint density at radius 3 is 2.70 bits per heavy atom. The molecular weight excluding hydrogens is 388 g/mol. The number of carbonyl (C=O) groups is 1. The molecule has 2 heterocycles. The fraction of sp³-hybridized carbons (Fsp3) is 0.100. The number of aryl methyl sites for hydroxylation is 1. The van der Waals surface area contributed by atoms with Crippen molar-refractivity contribution >= 4 is 28.3 Å². The standard InChI is InChI=1S/C20H16N6O4/c1-13-7-8-15(26(29)30)9-17(13)23-18(27)11-24-12-21-19-16(20(24)28)10-22-25(19)14-5-3-2-4-6-14/h2-10,12H,11H2,1H3,(H,23,27). The Morgan fingerprint density at radius 1 is 1.20 bits per heavy atom. The highest BCUT2D eigenvalue weighted by atomic mass is 16.6. The van der Waals surface area contributed by atoms with Gasteiger partial charge in [0.25, 0.3) is 11.2 Å². The summed E-state index contributed by atoms with van der Waals surface area (Å²) in [6, 6.07) is 13.4. The number of para-hydroxylation sites is 1. The normalized spacial score (nSPS) is 10.8. The Balaban J connectivity index is 1.60. The van der Waals surface area contributed by atoms with Crippen molar-refractivity contribution in [3.63, 3.8) is 0 Å². The van der Waals surface area contributed by atoms with E-state index in [9.17, 15) is 19.7 Å². The molecule has 1 amide bonds. The van der Waals surface area contributed by atoms with E-state index in [4.69, 9.17) is 0 Å².